The second kappa shape index (κ2) is 6.96. The zero-order valence-corrected chi connectivity index (χ0v) is 13.2. The Bertz CT molecular complexity index is 793. The number of carboxylic acids is 1. The predicted octanol–water partition coefficient (Wildman–Crippen LogP) is 4.26. The highest BCUT2D eigenvalue weighted by molar-refractivity contribution is 5.89. The molecule has 0 atom stereocenters. The first-order valence-corrected chi connectivity index (χ1v) is 7.62. The van der Waals surface area contributed by atoms with Gasteiger partial charge in [0, 0.05) is 6.20 Å². The Morgan fingerprint density at radius 1 is 0.958 bits per heavy atom. The lowest BCUT2D eigenvalue weighted by Gasteiger charge is -2.22. The second-order valence-electron chi connectivity index (χ2n) is 5.43. The molecule has 1 aromatic heterocycles. The topological polar surface area (TPSA) is 59.4 Å². The van der Waals surface area contributed by atoms with E-state index < -0.39 is 12.1 Å². The monoisotopic (exact) mass is 319 g/mol. The number of aryl methyl sites for hydroxylation is 1. The molecule has 0 amide bonds. The number of aromatic carboxylic acids is 1. The first-order valence-electron chi connectivity index (χ1n) is 7.62. The fourth-order valence-electron chi connectivity index (χ4n) is 2.55. The summed E-state index contributed by atoms with van der Waals surface area (Å²) in [6.45, 7) is 1.82. The third-order valence-electron chi connectivity index (χ3n) is 3.74. The molecule has 0 aliphatic carbocycles. The maximum Gasteiger partial charge on any atom is 0.358 e. The standard InChI is InChI=1S/C20H17NO3/c1-14-12-13-21-17(20(22)23)18(14)24-19(15-8-4-2-5-9-15)16-10-6-3-7-11-16/h2-13,19H,1H3,(H,22,23). The average molecular weight is 319 g/mol. The Morgan fingerprint density at radius 2 is 1.50 bits per heavy atom. The van der Waals surface area contributed by atoms with Crippen LogP contribution >= 0.6 is 0 Å². The van der Waals surface area contributed by atoms with E-state index in [1.165, 1.54) is 6.20 Å². The molecule has 3 rings (SSSR count). The van der Waals surface area contributed by atoms with Crippen molar-refractivity contribution >= 4 is 5.97 Å². The fraction of sp³-hybridized carbons (Fsp3) is 0.100. The molecular weight excluding hydrogens is 302 g/mol. The molecule has 4 heteroatoms. The molecule has 1 N–H and O–H groups in total. The van der Waals surface area contributed by atoms with Crippen LogP contribution in [-0.2, 0) is 0 Å². The number of carbonyl (C=O) groups is 1. The van der Waals surface area contributed by atoms with Crippen LogP contribution in [0.25, 0.3) is 0 Å². The molecule has 0 aliphatic heterocycles. The lowest BCUT2D eigenvalue weighted by Crippen LogP contribution is -2.14. The van der Waals surface area contributed by atoms with Crippen molar-refractivity contribution in [3.8, 4) is 5.75 Å². The summed E-state index contributed by atoms with van der Waals surface area (Å²) in [5, 5.41) is 9.40. The molecule has 0 saturated heterocycles. The average Bonchev–Trinajstić information content (AvgIpc) is 2.62. The molecule has 24 heavy (non-hydrogen) atoms. The van der Waals surface area contributed by atoms with Crippen molar-refractivity contribution < 1.29 is 14.6 Å². The van der Waals surface area contributed by atoms with Crippen molar-refractivity contribution in [1.82, 2.24) is 4.98 Å². The van der Waals surface area contributed by atoms with Gasteiger partial charge in [-0.3, -0.25) is 0 Å². The Hall–Kier alpha value is -3.14. The summed E-state index contributed by atoms with van der Waals surface area (Å²) in [7, 11) is 0. The van der Waals surface area contributed by atoms with Gasteiger partial charge in [0.05, 0.1) is 0 Å². The van der Waals surface area contributed by atoms with Gasteiger partial charge in [-0.05, 0) is 29.7 Å². The first kappa shape index (κ1) is 15.7. The van der Waals surface area contributed by atoms with E-state index in [0.29, 0.717) is 5.75 Å². The zero-order valence-electron chi connectivity index (χ0n) is 13.2. The van der Waals surface area contributed by atoms with Crippen LogP contribution in [0.2, 0.25) is 0 Å². The van der Waals surface area contributed by atoms with Gasteiger partial charge in [0.2, 0.25) is 0 Å². The highest BCUT2D eigenvalue weighted by Gasteiger charge is 2.22. The van der Waals surface area contributed by atoms with E-state index in [0.717, 1.165) is 16.7 Å². The van der Waals surface area contributed by atoms with Gasteiger partial charge in [-0.25, -0.2) is 9.78 Å². The van der Waals surface area contributed by atoms with Crippen LogP contribution in [0.3, 0.4) is 0 Å². The number of hydrogen-bond acceptors (Lipinski definition) is 3. The van der Waals surface area contributed by atoms with Crippen molar-refractivity contribution in [3.05, 3.63) is 95.3 Å². The number of benzene rings is 2. The van der Waals surface area contributed by atoms with E-state index in [9.17, 15) is 9.90 Å². The molecule has 0 aliphatic rings. The van der Waals surface area contributed by atoms with E-state index in [4.69, 9.17) is 4.74 Å². The SMILES string of the molecule is Cc1ccnc(C(=O)O)c1OC(c1ccccc1)c1ccccc1. The molecule has 4 nitrogen and oxygen atoms in total. The van der Waals surface area contributed by atoms with Crippen LogP contribution < -0.4 is 4.74 Å². The Kier molecular flexibility index (Phi) is 4.57. The number of carboxylic acid groups (broad SMARTS) is 1. The molecular formula is C20H17NO3. The van der Waals surface area contributed by atoms with Gasteiger partial charge in [-0.1, -0.05) is 60.7 Å². The molecule has 0 bridgehead atoms. The largest absolute Gasteiger partial charge is 0.478 e. The number of ether oxygens (including phenoxy) is 1. The smallest absolute Gasteiger partial charge is 0.358 e. The second-order valence-corrected chi connectivity index (χ2v) is 5.43. The summed E-state index contributed by atoms with van der Waals surface area (Å²) in [6, 6.07) is 21.2. The number of nitrogens with zero attached hydrogens (tertiary/aromatic N) is 1. The summed E-state index contributed by atoms with van der Waals surface area (Å²) in [5.74, 6) is -0.809. The molecule has 0 spiro atoms. The van der Waals surface area contributed by atoms with Crippen molar-refractivity contribution in [2.75, 3.05) is 0 Å². The summed E-state index contributed by atoms with van der Waals surface area (Å²) < 4.78 is 6.17. The van der Waals surface area contributed by atoms with Crippen LogP contribution in [0, 0.1) is 6.92 Å². The van der Waals surface area contributed by atoms with E-state index in [-0.39, 0.29) is 5.69 Å². The van der Waals surface area contributed by atoms with Crippen LogP contribution in [-0.4, -0.2) is 16.1 Å². The maximum atomic E-state index is 11.5. The van der Waals surface area contributed by atoms with Gasteiger partial charge in [-0.15, -0.1) is 0 Å². The molecule has 0 unspecified atom stereocenters. The highest BCUT2D eigenvalue weighted by atomic mass is 16.5. The number of aromatic nitrogens is 1. The summed E-state index contributed by atoms with van der Waals surface area (Å²) >= 11 is 0. The Labute approximate surface area is 140 Å². The molecule has 3 aromatic rings. The Balaban J connectivity index is 2.08. The quantitative estimate of drug-likeness (QED) is 0.763. The summed E-state index contributed by atoms with van der Waals surface area (Å²) in [4.78, 5) is 15.4. The zero-order chi connectivity index (χ0) is 16.9. The van der Waals surface area contributed by atoms with Gasteiger partial charge < -0.3 is 9.84 Å². The van der Waals surface area contributed by atoms with E-state index in [1.807, 2.05) is 67.6 Å². The number of pyridine rings is 1. The summed E-state index contributed by atoms with van der Waals surface area (Å²) in [5.41, 5.74) is 2.55. The third kappa shape index (κ3) is 3.27. The molecule has 0 saturated carbocycles. The molecule has 2 aromatic carbocycles. The van der Waals surface area contributed by atoms with E-state index >= 15 is 0 Å². The van der Waals surface area contributed by atoms with Crippen molar-refractivity contribution in [2.24, 2.45) is 0 Å². The van der Waals surface area contributed by atoms with Gasteiger partial charge in [0.15, 0.2) is 11.4 Å². The Morgan fingerprint density at radius 3 is 2.00 bits per heavy atom. The first-order chi connectivity index (χ1) is 11.7. The van der Waals surface area contributed by atoms with Gasteiger partial charge in [0.25, 0.3) is 0 Å². The third-order valence-corrected chi connectivity index (χ3v) is 3.74. The van der Waals surface area contributed by atoms with Crippen LogP contribution in [0.5, 0.6) is 5.75 Å². The fourth-order valence-corrected chi connectivity index (χ4v) is 2.55. The summed E-state index contributed by atoms with van der Waals surface area (Å²) in [6.07, 6.45) is 1.07. The van der Waals surface area contributed by atoms with Crippen LogP contribution in [0.15, 0.2) is 72.9 Å². The minimum Gasteiger partial charge on any atom is -0.478 e. The molecule has 0 radical (unpaired) electrons. The van der Waals surface area contributed by atoms with Crippen molar-refractivity contribution in [2.45, 2.75) is 13.0 Å². The molecule has 0 fully saturated rings. The number of hydrogen-bond donors (Lipinski definition) is 1. The van der Waals surface area contributed by atoms with Gasteiger partial charge in [-0.2, -0.15) is 0 Å². The van der Waals surface area contributed by atoms with E-state index in [1.54, 1.807) is 6.07 Å². The van der Waals surface area contributed by atoms with Crippen LogP contribution in [0.1, 0.15) is 33.3 Å². The minimum absolute atomic E-state index is 0.0770. The van der Waals surface area contributed by atoms with E-state index in [2.05, 4.69) is 4.98 Å². The maximum absolute atomic E-state index is 11.5. The number of rotatable bonds is 5. The normalized spacial score (nSPS) is 10.6. The minimum atomic E-state index is -1.10. The lowest BCUT2D eigenvalue weighted by atomic mass is 10.0. The molecule has 1 heterocycles. The lowest BCUT2D eigenvalue weighted by molar-refractivity contribution is 0.0683. The molecule has 120 valence electrons. The predicted molar refractivity (Wildman–Crippen MR) is 91.3 cm³/mol. The van der Waals surface area contributed by atoms with Crippen molar-refractivity contribution in [1.29, 1.82) is 0 Å². The van der Waals surface area contributed by atoms with Gasteiger partial charge in [0.1, 0.15) is 6.10 Å². The van der Waals surface area contributed by atoms with Crippen LogP contribution in [0.4, 0.5) is 0 Å². The van der Waals surface area contributed by atoms with Gasteiger partial charge >= 0.3 is 5.97 Å². The highest BCUT2D eigenvalue weighted by Crippen LogP contribution is 2.31. The van der Waals surface area contributed by atoms with Crippen molar-refractivity contribution in [3.63, 3.8) is 0 Å².